The van der Waals surface area contributed by atoms with Gasteiger partial charge in [-0.2, -0.15) is 0 Å². The number of hydrogen-bond donors (Lipinski definition) is 2. The van der Waals surface area contributed by atoms with Crippen LogP contribution in [0.2, 0.25) is 10.0 Å². The second-order valence-corrected chi connectivity index (χ2v) is 6.02. The number of halogens is 2. The molecule has 0 aliphatic carbocycles. The summed E-state index contributed by atoms with van der Waals surface area (Å²) in [4.78, 5) is 0. The van der Waals surface area contributed by atoms with Crippen molar-refractivity contribution in [3.63, 3.8) is 0 Å². The van der Waals surface area contributed by atoms with Crippen molar-refractivity contribution in [3.05, 3.63) is 46.1 Å². The van der Waals surface area contributed by atoms with Gasteiger partial charge in [0.1, 0.15) is 5.76 Å². The first-order valence-corrected chi connectivity index (χ1v) is 7.47. The quantitative estimate of drug-likeness (QED) is 0.907. The van der Waals surface area contributed by atoms with Crippen LogP contribution in [-0.2, 0) is 16.6 Å². The van der Waals surface area contributed by atoms with Gasteiger partial charge in [-0.05, 0) is 24.3 Å². The first kappa shape index (κ1) is 14.2. The van der Waals surface area contributed by atoms with Crippen LogP contribution in [0.25, 0.3) is 0 Å². The first-order chi connectivity index (χ1) is 8.88. The Morgan fingerprint density at radius 1 is 1.16 bits per heavy atom. The molecule has 0 saturated heterocycles. The molecule has 0 fully saturated rings. The van der Waals surface area contributed by atoms with E-state index in [0.29, 0.717) is 21.5 Å². The SMILES string of the molecule is NS(=O)(=O)c1ccc(CNc2c(Cl)cccc2Cl)o1. The van der Waals surface area contributed by atoms with Crippen LogP contribution in [0, 0.1) is 0 Å². The van der Waals surface area contributed by atoms with Gasteiger partial charge in [0.15, 0.2) is 0 Å². The van der Waals surface area contributed by atoms with Gasteiger partial charge < -0.3 is 9.73 Å². The van der Waals surface area contributed by atoms with Crippen molar-refractivity contribution in [1.82, 2.24) is 0 Å². The molecule has 1 aromatic heterocycles. The van der Waals surface area contributed by atoms with Crippen LogP contribution in [0.1, 0.15) is 5.76 Å². The lowest BCUT2D eigenvalue weighted by molar-refractivity contribution is 0.419. The van der Waals surface area contributed by atoms with Crippen LogP contribution in [-0.4, -0.2) is 8.42 Å². The van der Waals surface area contributed by atoms with Crippen LogP contribution in [0.3, 0.4) is 0 Å². The third-order valence-electron chi connectivity index (χ3n) is 2.32. The van der Waals surface area contributed by atoms with Gasteiger partial charge >= 0.3 is 0 Å². The summed E-state index contributed by atoms with van der Waals surface area (Å²) in [6, 6.07) is 7.90. The second kappa shape index (κ2) is 5.42. The van der Waals surface area contributed by atoms with Crippen molar-refractivity contribution < 1.29 is 12.8 Å². The first-order valence-electron chi connectivity index (χ1n) is 5.17. The number of benzene rings is 1. The molecule has 2 rings (SSSR count). The molecule has 3 N–H and O–H groups in total. The highest BCUT2D eigenvalue weighted by atomic mass is 35.5. The van der Waals surface area contributed by atoms with Gasteiger partial charge in [0.25, 0.3) is 10.0 Å². The normalized spacial score (nSPS) is 11.5. The molecule has 0 amide bonds. The van der Waals surface area contributed by atoms with Crippen molar-refractivity contribution in [3.8, 4) is 0 Å². The molecule has 0 radical (unpaired) electrons. The van der Waals surface area contributed by atoms with E-state index in [4.69, 9.17) is 32.8 Å². The molecule has 8 heteroatoms. The van der Waals surface area contributed by atoms with Crippen LogP contribution >= 0.6 is 23.2 Å². The minimum atomic E-state index is -3.83. The Labute approximate surface area is 120 Å². The van der Waals surface area contributed by atoms with E-state index in [0.717, 1.165) is 0 Å². The van der Waals surface area contributed by atoms with Gasteiger partial charge in [0.05, 0.1) is 22.3 Å². The predicted molar refractivity (Wildman–Crippen MR) is 73.9 cm³/mol. The smallest absolute Gasteiger partial charge is 0.271 e. The van der Waals surface area contributed by atoms with Crippen molar-refractivity contribution in [1.29, 1.82) is 0 Å². The third kappa shape index (κ3) is 3.42. The van der Waals surface area contributed by atoms with Gasteiger partial charge in [-0.15, -0.1) is 0 Å². The molecule has 0 aliphatic rings. The highest BCUT2D eigenvalue weighted by Crippen LogP contribution is 2.30. The number of anilines is 1. The molecular weight excluding hydrogens is 311 g/mol. The maximum atomic E-state index is 11.1. The summed E-state index contributed by atoms with van der Waals surface area (Å²) in [5.41, 5.74) is 0.555. The van der Waals surface area contributed by atoms with Crippen LogP contribution in [0.15, 0.2) is 39.8 Å². The van der Waals surface area contributed by atoms with Crippen LogP contribution in [0.4, 0.5) is 5.69 Å². The molecule has 1 aromatic carbocycles. The summed E-state index contributed by atoms with van der Waals surface area (Å²) in [6.07, 6.45) is 0. The summed E-state index contributed by atoms with van der Waals surface area (Å²) in [7, 11) is -3.83. The Kier molecular flexibility index (Phi) is 4.05. The molecule has 1 heterocycles. The number of nitrogens with two attached hydrogens (primary N) is 1. The summed E-state index contributed by atoms with van der Waals surface area (Å²) in [5, 5.41) is 8.55. The number of sulfonamides is 1. The van der Waals surface area contributed by atoms with E-state index in [1.54, 1.807) is 18.2 Å². The molecular formula is C11H10Cl2N2O3S. The topological polar surface area (TPSA) is 85.3 Å². The van der Waals surface area contributed by atoms with Crippen LogP contribution < -0.4 is 10.5 Å². The fourth-order valence-electron chi connectivity index (χ4n) is 1.45. The second-order valence-electron chi connectivity index (χ2n) is 3.72. The van der Waals surface area contributed by atoms with Gasteiger partial charge in [-0.25, -0.2) is 13.6 Å². The summed E-state index contributed by atoms with van der Waals surface area (Å²) >= 11 is 12.0. The van der Waals surface area contributed by atoms with Crippen molar-refractivity contribution in [2.24, 2.45) is 5.14 Å². The Balaban J connectivity index is 2.13. The van der Waals surface area contributed by atoms with Gasteiger partial charge in [-0.3, -0.25) is 0 Å². The van der Waals surface area contributed by atoms with E-state index < -0.39 is 10.0 Å². The fraction of sp³-hybridized carbons (Fsp3) is 0.0909. The summed E-state index contributed by atoms with van der Waals surface area (Å²) in [6.45, 7) is 0.235. The van der Waals surface area contributed by atoms with E-state index in [1.807, 2.05) is 0 Å². The van der Waals surface area contributed by atoms with E-state index >= 15 is 0 Å². The third-order valence-corrected chi connectivity index (χ3v) is 3.73. The lowest BCUT2D eigenvalue weighted by Gasteiger charge is -2.08. The zero-order chi connectivity index (χ0) is 14.0. The monoisotopic (exact) mass is 320 g/mol. The zero-order valence-corrected chi connectivity index (χ0v) is 11.9. The number of para-hydroxylation sites is 1. The average Bonchev–Trinajstić information content (AvgIpc) is 2.77. The van der Waals surface area contributed by atoms with Crippen molar-refractivity contribution in [2.75, 3.05) is 5.32 Å². The number of nitrogens with one attached hydrogen (secondary N) is 1. The largest absolute Gasteiger partial charge is 0.446 e. The molecule has 0 spiro atoms. The zero-order valence-electron chi connectivity index (χ0n) is 9.56. The maximum Gasteiger partial charge on any atom is 0.271 e. The van der Waals surface area contributed by atoms with Crippen molar-refractivity contribution in [2.45, 2.75) is 11.6 Å². The average molecular weight is 321 g/mol. The number of rotatable bonds is 4. The van der Waals surface area contributed by atoms with E-state index in [9.17, 15) is 8.42 Å². The lowest BCUT2D eigenvalue weighted by atomic mass is 10.3. The Bertz CT molecular complexity index is 677. The molecule has 102 valence electrons. The summed E-state index contributed by atoms with van der Waals surface area (Å²) in [5.74, 6) is 0.403. The van der Waals surface area contributed by atoms with E-state index in [2.05, 4.69) is 5.32 Å². The van der Waals surface area contributed by atoms with Crippen LogP contribution in [0.5, 0.6) is 0 Å². The van der Waals surface area contributed by atoms with E-state index in [-0.39, 0.29) is 11.6 Å². The summed E-state index contributed by atoms with van der Waals surface area (Å²) < 4.78 is 27.2. The Hall–Kier alpha value is -1.21. The minimum absolute atomic E-state index is 0.235. The molecule has 0 bridgehead atoms. The Morgan fingerprint density at radius 3 is 2.32 bits per heavy atom. The molecule has 0 aliphatic heterocycles. The maximum absolute atomic E-state index is 11.1. The molecule has 0 atom stereocenters. The fourth-order valence-corrected chi connectivity index (χ4v) is 2.46. The van der Waals surface area contributed by atoms with Crippen molar-refractivity contribution >= 4 is 38.9 Å². The molecule has 0 unspecified atom stereocenters. The predicted octanol–water partition coefficient (Wildman–Crippen LogP) is 2.85. The lowest BCUT2D eigenvalue weighted by Crippen LogP contribution is -2.10. The highest BCUT2D eigenvalue weighted by Gasteiger charge is 2.13. The molecule has 2 aromatic rings. The number of hydrogen-bond acceptors (Lipinski definition) is 4. The van der Waals surface area contributed by atoms with Gasteiger partial charge in [0, 0.05) is 0 Å². The molecule has 5 nitrogen and oxygen atoms in total. The standard InChI is InChI=1S/C11H10Cl2N2O3S/c12-8-2-1-3-9(13)11(8)15-6-7-4-5-10(18-7)19(14,16)17/h1-5,15H,6H2,(H2,14,16,17). The number of primary sulfonamides is 1. The van der Waals surface area contributed by atoms with Gasteiger partial charge in [-0.1, -0.05) is 29.3 Å². The molecule has 0 saturated carbocycles. The minimum Gasteiger partial charge on any atom is -0.446 e. The highest BCUT2D eigenvalue weighted by molar-refractivity contribution is 7.89. The molecule has 19 heavy (non-hydrogen) atoms. The van der Waals surface area contributed by atoms with E-state index in [1.165, 1.54) is 12.1 Å². The number of furan rings is 1. The Morgan fingerprint density at radius 2 is 1.79 bits per heavy atom. The van der Waals surface area contributed by atoms with Gasteiger partial charge in [0.2, 0.25) is 5.09 Å².